The van der Waals surface area contributed by atoms with E-state index >= 15 is 0 Å². The molecule has 1 heterocycles. The van der Waals surface area contributed by atoms with Gasteiger partial charge in [-0.25, -0.2) is 0 Å². The highest BCUT2D eigenvalue weighted by atomic mass is 32.2. The maximum absolute atomic E-state index is 12.2. The molecule has 1 aromatic rings. The average molecular weight is 333 g/mol. The molecule has 1 aliphatic carbocycles. The van der Waals surface area contributed by atoms with Crippen LogP contribution in [0.1, 0.15) is 44.1 Å². The fraction of sp³-hybridized carbons (Fsp3) is 0.556. The molecule has 1 saturated carbocycles. The number of rotatable bonds is 4. The van der Waals surface area contributed by atoms with Gasteiger partial charge in [0.15, 0.2) is 0 Å². The van der Waals surface area contributed by atoms with Crippen LogP contribution in [0.15, 0.2) is 30.3 Å². The van der Waals surface area contributed by atoms with Crippen molar-refractivity contribution in [3.63, 3.8) is 0 Å². The van der Waals surface area contributed by atoms with Crippen molar-refractivity contribution in [3.8, 4) is 0 Å². The molecule has 2 aliphatic rings. The predicted molar refractivity (Wildman–Crippen MR) is 91.2 cm³/mol. The van der Waals surface area contributed by atoms with Crippen molar-refractivity contribution >= 4 is 23.6 Å². The summed E-state index contributed by atoms with van der Waals surface area (Å²) in [5.41, 5.74) is 1.38. The number of nitrogens with zero attached hydrogens (tertiary/aromatic N) is 1. The normalized spacial score (nSPS) is 27.4. The Morgan fingerprint density at radius 1 is 1.30 bits per heavy atom. The van der Waals surface area contributed by atoms with E-state index in [1.165, 1.54) is 5.56 Å². The van der Waals surface area contributed by atoms with Crippen LogP contribution in [0.25, 0.3) is 0 Å². The lowest BCUT2D eigenvalue weighted by Gasteiger charge is -2.42. The fourth-order valence-corrected chi connectivity index (χ4v) is 5.08. The highest BCUT2D eigenvalue weighted by Crippen LogP contribution is 2.50. The first kappa shape index (κ1) is 16.4. The molecule has 4 nitrogen and oxygen atoms in total. The third-order valence-corrected chi connectivity index (χ3v) is 6.44. The summed E-state index contributed by atoms with van der Waals surface area (Å²) in [5, 5.41) is 0. The van der Waals surface area contributed by atoms with E-state index in [0.717, 1.165) is 25.7 Å². The first-order valence-corrected chi connectivity index (χ1v) is 9.28. The Labute approximate surface area is 141 Å². The number of carbonyl (C=O) groups is 2. The molecule has 1 aliphatic heterocycles. The van der Waals surface area contributed by atoms with E-state index in [0.29, 0.717) is 18.3 Å². The van der Waals surface area contributed by atoms with Crippen LogP contribution in [-0.2, 0) is 14.3 Å². The van der Waals surface area contributed by atoms with Gasteiger partial charge in [0.2, 0.25) is 5.91 Å². The van der Waals surface area contributed by atoms with Gasteiger partial charge in [-0.3, -0.25) is 9.59 Å². The van der Waals surface area contributed by atoms with Gasteiger partial charge in [0.1, 0.15) is 6.54 Å². The molecule has 5 heteroatoms. The molecule has 1 aromatic carbocycles. The van der Waals surface area contributed by atoms with Crippen molar-refractivity contribution in [1.82, 2.24) is 4.90 Å². The Bertz CT molecular complexity index is 567. The largest absolute Gasteiger partial charge is 0.465 e. The second-order valence-corrected chi connectivity index (χ2v) is 7.54. The molecule has 0 atom stereocenters. The zero-order valence-electron chi connectivity index (χ0n) is 13.5. The van der Waals surface area contributed by atoms with Crippen molar-refractivity contribution in [2.45, 2.75) is 43.4 Å². The average Bonchev–Trinajstić information content (AvgIpc) is 2.86. The lowest BCUT2D eigenvalue weighted by molar-refractivity contribution is -0.150. The summed E-state index contributed by atoms with van der Waals surface area (Å²) in [6, 6.07) is 10.6. The minimum Gasteiger partial charge on any atom is -0.465 e. The molecule has 2 fully saturated rings. The molecule has 0 unspecified atom stereocenters. The number of benzene rings is 1. The topological polar surface area (TPSA) is 46.6 Å². The zero-order chi connectivity index (χ0) is 16.3. The Balaban J connectivity index is 1.68. The van der Waals surface area contributed by atoms with Gasteiger partial charge in [0, 0.05) is 0 Å². The van der Waals surface area contributed by atoms with Gasteiger partial charge in [-0.05, 0) is 44.1 Å². The first-order chi connectivity index (χ1) is 11.1. The van der Waals surface area contributed by atoms with Crippen molar-refractivity contribution in [2.75, 3.05) is 18.9 Å². The molecule has 0 aromatic heterocycles. The molecule has 1 amide bonds. The Hall–Kier alpha value is -1.49. The molecule has 0 N–H and O–H groups in total. The molecule has 1 spiro atoms. The zero-order valence-corrected chi connectivity index (χ0v) is 14.3. The van der Waals surface area contributed by atoms with Crippen LogP contribution in [0.4, 0.5) is 0 Å². The maximum Gasteiger partial charge on any atom is 0.325 e. The Morgan fingerprint density at radius 3 is 2.65 bits per heavy atom. The number of ether oxygens (including phenoxy) is 1. The van der Waals surface area contributed by atoms with Gasteiger partial charge >= 0.3 is 5.97 Å². The van der Waals surface area contributed by atoms with Gasteiger partial charge in [-0.1, -0.05) is 30.3 Å². The molecular formula is C18H23NO3S. The summed E-state index contributed by atoms with van der Waals surface area (Å²) in [7, 11) is 0. The third-order valence-electron chi connectivity index (χ3n) is 4.89. The summed E-state index contributed by atoms with van der Waals surface area (Å²) < 4.78 is 5.03. The van der Waals surface area contributed by atoms with Crippen LogP contribution in [0.2, 0.25) is 0 Å². The molecule has 3 rings (SSSR count). The quantitative estimate of drug-likeness (QED) is 0.794. The lowest BCUT2D eigenvalue weighted by Crippen LogP contribution is -2.49. The maximum atomic E-state index is 12.2. The van der Waals surface area contributed by atoms with Crippen molar-refractivity contribution in [3.05, 3.63) is 35.9 Å². The second-order valence-electron chi connectivity index (χ2n) is 6.20. The molecular weight excluding hydrogens is 310 g/mol. The first-order valence-electron chi connectivity index (χ1n) is 8.29. The van der Waals surface area contributed by atoms with Crippen LogP contribution in [0.5, 0.6) is 0 Å². The second kappa shape index (κ2) is 6.95. The van der Waals surface area contributed by atoms with Crippen LogP contribution in [0.3, 0.4) is 0 Å². The molecule has 23 heavy (non-hydrogen) atoms. The third kappa shape index (κ3) is 3.39. The number of carbonyl (C=O) groups excluding carboxylic acids is 2. The number of hydrogen-bond acceptors (Lipinski definition) is 4. The summed E-state index contributed by atoms with van der Waals surface area (Å²) in [6.07, 6.45) is 4.01. The molecule has 124 valence electrons. The minimum absolute atomic E-state index is 0.0706. The van der Waals surface area contributed by atoms with Crippen molar-refractivity contribution in [1.29, 1.82) is 0 Å². The number of amides is 1. The summed E-state index contributed by atoms with van der Waals surface area (Å²) in [5.74, 6) is 0.812. The van der Waals surface area contributed by atoms with Crippen LogP contribution in [0, 0.1) is 0 Å². The molecule has 0 radical (unpaired) electrons. The van der Waals surface area contributed by atoms with Gasteiger partial charge in [0.25, 0.3) is 0 Å². The summed E-state index contributed by atoms with van der Waals surface area (Å²) in [6.45, 7) is 2.24. The van der Waals surface area contributed by atoms with E-state index in [1.807, 2.05) is 6.07 Å². The standard InChI is InChI=1S/C18H23NO3S/c1-2-22-17(21)12-19-16(20)13-23-18(19)10-8-15(9-11-18)14-6-4-3-5-7-14/h3-7,15H,2,8-13H2,1H3. The minimum atomic E-state index is -0.298. The fourth-order valence-electron chi connectivity index (χ4n) is 3.69. The SMILES string of the molecule is CCOC(=O)CN1C(=O)CSC12CCC(c1ccccc1)CC2. The van der Waals surface area contributed by atoms with Crippen LogP contribution < -0.4 is 0 Å². The summed E-state index contributed by atoms with van der Waals surface area (Å²) in [4.78, 5) is 25.6. The van der Waals surface area contributed by atoms with E-state index in [2.05, 4.69) is 24.3 Å². The van der Waals surface area contributed by atoms with E-state index in [1.54, 1.807) is 23.6 Å². The van der Waals surface area contributed by atoms with Gasteiger partial charge in [-0.15, -0.1) is 11.8 Å². The van der Waals surface area contributed by atoms with Gasteiger partial charge in [0.05, 0.1) is 17.2 Å². The summed E-state index contributed by atoms with van der Waals surface area (Å²) >= 11 is 1.71. The van der Waals surface area contributed by atoms with E-state index in [4.69, 9.17) is 4.74 Å². The van der Waals surface area contributed by atoms with Gasteiger partial charge < -0.3 is 9.64 Å². The lowest BCUT2D eigenvalue weighted by atomic mass is 9.81. The monoisotopic (exact) mass is 333 g/mol. The Kier molecular flexibility index (Phi) is 4.95. The van der Waals surface area contributed by atoms with Crippen molar-refractivity contribution in [2.24, 2.45) is 0 Å². The number of hydrogen-bond donors (Lipinski definition) is 0. The predicted octanol–water partition coefficient (Wildman–Crippen LogP) is 3.18. The van der Waals surface area contributed by atoms with Gasteiger partial charge in [-0.2, -0.15) is 0 Å². The molecule has 1 saturated heterocycles. The van der Waals surface area contributed by atoms with Crippen molar-refractivity contribution < 1.29 is 14.3 Å². The van der Waals surface area contributed by atoms with Crippen LogP contribution >= 0.6 is 11.8 Å². The van der Waals surface area contributed by atoms with E-state index < -0.39 is 0 Å². The van der Waals surface area contributed by atoms with Crippen LogP contribution in [-0.4, -0.2) is 40.6 Å². The molecule has 0 bridgehead atoms. The highest BCUT2D eigenvalue weighted by molar-refractivity contribution is 8.01. The smallest absolute Gasteiger partial charge is 0.325 e. The van der Waals surface area contributed by atoms with E-state index in [9.17, 15) is 9.59 Å². The number of thioether (sulfide) groups is 1. The number of esters is 1. The highest BCUT2D eigenvalue weighted by Gasteiger charge is 2.48. The Morgan fingerprint density at radius 2 is 2.00 bits per heavy atom. The van der Waals surface area contributed by atoms with E-state index in [-0.39, 0.29) is 23.3 Å².